The molecule has 9 heteroatoms. The standard InChI is InChI=1S/C8H17N.C7H16N2.C7H15NO2S.C7H15NO.4C2H6/c1-8(2)9-6-4-3-5-7-9;1-7(2)9-5-3-8-4-6-9;1-7(2)8-3-5-11(9,10)6-4-8;1-7(2)8-3-5-9-6-4-8;4*1-2/h8H,3-7H2,1-2H3;7-8H,3-6H2,1-2H3;7H,3-6H2,1-2H3;7H,3-6H2,1-2H3;4*1-2H3. The smallest absolute Gasteiger partial charge is 0.152 e. The fourth-order valence-corrected chi connectivity index (χ4v) is 6.20. The van der Waals surface area contributed by atoms with E-state index in [9.17, 15) is 8.42 Å². The molecule has 284 valence electrons. The molecule has 0 aromatic heterocycles. The highest BCUT2D eigenvalue weighted by molar-refractivity contribution is 7.91. The number of likely N-dealkylation sites (tertiary alicyclic amines) is 1. The van der Waals surface area contributed by atoms with Crippen molar-refractivity contribution in [3.63, 3.8) is 0 Å². The van der Waals surface area contributed by atoms with Crippen molar-refractivity contribution in [1.29, 1.82) is 0 Å². The summed E-state index contributed by atoms with van der Waals surface area (Å²) in [6.07, 6.45) is 4.28. The van der Waals surface area contributed by atoms with Crippen LogP contribution in [0.25, 0.3) is 0 Å². The Morgan fingerprint density at radius 1 is 0.457 bits per heavy atom. The number of hydrogen-bond donors (Lipinski definition) is 1. The zero-order valence-electron chi connectivity index (χ0n) is 34.3. The van der Waals surface area contributed by atoms with Crippen LogP contribution in [-0.2, 0) is 14.6 Å². The molecule has 4 fully saturated rings. The van der Waals surface area contributed by atoms with E-state index in [0.717, 1.165) is 51.5 Å². The van der Waals surface area contributed by atoms with Gasteiger partial charge in [0.15, 0.2) is 9.84 Å². The van der Waals surface area contributed by atoms with E-state index in [1.807, 2.05) is 55.4 Å². The van der Waals surface area contributed by atoms with Gasteiger partial charge in [-0.05, 0) is 81.3 Å². The highest BCUT2D eigenvalue weighted by atomic mass is 32.2. The van der Waals surface area contributed by atoms with Crippen molar-refractivity contribution in [2.45, 2.75) is 154 Å². The van der Waals surface area contributed by atoms with Gasteiger partial charge in [-0.15, -0.1) is 0 Å². The zero-order valence-corrected chi connectivity index (χ0v) is 35.1. The summed E-state index contributed by atoms with van der Waals surface area (Å²) in [7, 11) is -2.69. The Morgan fingerprint density at radius 3 is 1.04 bits per heavy atom. The molecule has 4 heterocycles. The van der Waals surface area contributed by atoms with E-state index in [1.54, 1.807) is 0 Å². The highest BCUT2D eigenvalue weighted by Crippen LogP contribution is 2.11. The van der Waals surface area contributed by atoms with E-state index in [4.69, 9.17) is 4.74 Å². The van der Waals surface area contributed by atoms with E-state index in [0.29, 0.717) is 36.7 Å². The van der Waals surface area contributed by atoms with Gasteiger partial charge in [0.2, 0.25) is 0 Å². The molecule has 4 rings (SSSR count). The van der Waals surface area contributed by atoms with Gasteiger partial charge in [0.25, 0.3) is 0 Å². The molecule has 4 saturated heterocycles. The van der Waals surface area contributed by atoms with Crippen molar-refractivity contribution in [3.8, 4) is 0 Å². The second-order valence-corrected chi connectivity index (χ2v) is 14.4. The van der Waals surface area contributed by atoms with Crippen LogP contribution in [-0.4, -0.2) is 142 Å². The molecule has 0 aromatic rings. The van der Waals surface area contributed by atoms with Gasteiger partial charge in [0.05, 0.1) is 24.7 Å². The molecule has 4 aliphatic rings. The van der Waals surface area contributed by atoms with Crippen LogP contribution < -0.4 is 5.32 Å². The second kappa shape index (κ2) is 36.0. The normalized spacial score (nSPS) is 20.2. The lowest BCUT2D eigenvalue weighted by Crippen LogP contribution is -2.46. The van der Waals surface area contributed by atoms with E-state index >= 15 is 0 Å². The van der Waals surface area contributed by atoms with Crippen LogP contribution in [0.4, 0.5) is 0 Å². The lowest BCUT2D eigenvalue weighted by atomic mass is 10.1. The number of morpholine rings is 1. The second-order valence-electron chi connectivity index (χ2n) is 12.1. The fourth-order valence-electron chi connectivity index (χ4n) is 4.97. The van der Waals surface area contributed by atoms with Gasteiger partial charge >= 0.3 is 0 Å². The number of hydrogen-bond acceptors (Lipinski definition) is 8. The third-order valence-corrected chi connectivity index (χ3v) is 9.50. The molecular weight excluding hydrogens is 595 g/mol. The first kappa shape index (κ1) is 52.5. The molecular formula is C37H87N5O3S. The van der Waals surface area contributed by atoms with Gasteiger partial charge in [0, 0.05) is 76.5 Å². The van der Waals surface area contributed by atoms with Gasteiger partial charge in [-0.3, -0.25) is 14.7 Å². The molecule has 46 heavy (non-hydrogen) atoms. The summed E-state index contributed by atoms with van der Waals surface area (Å²) in [5, 5.41) is 3.33. The van der Waals surface area contributed by atoms with Crippen LogP contribution in [0.2, 0.25) is 0 Å². The molecule has 4 aliphatic heterocycles. The van der Waals surface area contributed by atoms with E-state index in [2.05, 4.69) is 80.3 Å². The molecule has 0 bridgehead atoms. The summed E-state index contributed by atoms with van der Waals surface area (Å²) in [5.74, 6) is 0.677. The summed E-state index contributed by atoms with van der Waals surface area (Å²) >= 11 is 0. The van der Waals surface area contributed by atoms with Crippen LogP contribution in [0.3, 0.4) is 0 Å². The van der Waals surface area contributed by atoms with Crippen molar-refractivity contribution in [2.24, 2.45) is 0 Å². The van der Waals surface area contributed by atoms with Crippen LogP contribution in [0.1, 0.15) is 130 Å². The van der Waals surface area contributed by atoms with E-state index in [1.165, 1.54) is 45.4 Å². The van der Waals surface area contributed by atoms with Gasteiger partial charge in [0.1, 0.15) is 0 Å². The molecule has 0 spiro atoms. The molecule has 1 N–H and O–H groups in total. The monoisotopic (exact) mass is 682 g/mol. The molecule has 8 nitrogen and oxygen atoms in total. The SMILES string of the molecule is CC.CC.CC.CC.CC(C)N1CCCCC1.CC(C)N1CCNCC1.CC(C)N1CCOCC1.CC(C)N1CCS(=O)(=O)CC1. The highest BCUT2D eigenvalue weighted by Gasteiger charge is 2.22. The Bertz CT molecular complexity index is 606. The average Bonchev–Trinajstić information content (AvgIpc) is 3.10. The van der Waals surface area contributed by atoms with E-state index in [-0.39, 0.29) is 0 Å². The summed E-state index contributed by atoms with van der Waals surface area (Å²) in [6, 6.07) is 2.66. The Hall–Kier alpha value is -0.290. The molecule has 0 amide bonds. The third-order valence-electron chi connectivity index (χ3n) is 7.89. The number of sulfone groups is 1. The van der Waals surface area contributed by atoms with Crippen LogP contribution in [0.15, 0.2) is 0 Å². The minimum absolute atomic E-state index is 0.338. The molecule has 0 aliphatic carbocycles. The quantitative estimate of drug-likeness (QED) is 0.336. The molecule has 0 radical (unpaired) electrons. The lowest BCUT2D eigenvalue weighted by Gasteiger charge is -2.30. The first-order valence-electron chi connectivity index (χ1n) is 19.4. The van der Waals surface area contributed by atoms with Gasteiger partial charge < -0.3 is 15.0 Å². The van der Waals surface area contributed by atoms with Gasteiger partial charge in [-0.1, -0.05) is 61.8 Å². The minimum atomic E-state index is -2.69. The number of piperidine rings is 1. The molecule has 0 aromatic carbocycles. The Labute approximate surface area is 291 Å². The number of piperazine rings is 1. The maximum Gasteiger partial charge on any atom is 0.152 e. The molecule has 0 unspecified atom stereocenters. The van der Waals surface area contributed by atoms with Crippen molar-refractivity contribution in [1.82, 2.24) is 24.9 Å². The maximum atomic E-state index is 11.0. The Kier molecular flexibility index (Phi) is 41.1. The third kappa shape index (κ3) is 29.8. The number of nitrogens with zero attached hydrogens (tertiary/aromatic N) is 4. The van der Waals surface area contributed by atoms with Crippen molar-refractivity contribution in [3.05, 3.63) is 0 Å². The lowest BCUT2D eigenvalue weighted by molar-refractivity contribution is 0.0238. The maximum absolute atomic E-state index is 11.0. The predicted molar refractivity (Wildman–Crippen MR) is 208 cm³/mol. The summed E-state index contributed by atoms with van der Waals surface area (Å²) in [6.45, 7) is 46.6. The minimum Gasteiger partial charge on any atom is -0.379 e. The zero-order chi connectivity index (χ0) is 36.6. The summed E-state index contributed by atoms with van der Waals surface area (Å²) in [5.41, 5.74) is 0. The van der Waals surface area contributed by atoms with Crippen molar-refractivity contribution < 1.29 is 13.2 Å². The average molecular weight is 682 g/mol. The van der Waals surface area contributed by atoms with Gasteiger partial charge in [-0.2, -0.15) is 0 Å². The van der Waals surface area contributed by atoms with Crippen molar-refractivity contribution >= 4 is 9.84 Å². The topological polar surface area (TPSA) is 68.4 Å². The van der Waals surface area contributed by atoms with Crippen LogP contribution in [0, 0.1) is 0 Å². The Morgan fingerprint density at radius 2 is 0.761 bits per heavy atom. The first-order chi connectivity index (χ1) is 21.9. The predicted octanol–water partition coefficient (Wildman–Crippen LogP) is 7.14. The summed E-state index contributed by atoms with van der Waals surface area (Å²) < 4.78 is 27.2. The fraction of sp³-hybridized carbons (Fsp3) is 1.00. The largest absolute Gasteiger partial charge is 0.379 e. The first-order valence-corrected chi connectivity index (χ1v) is 21.2. The molecule has 0 atom stereocenters. The van der Waals surface area contributed by atoms with Crippen LogP contribution >= 0.6 is 0 Å². The van der Waals surface area contributed by atoms with Gasteiger partial charge in [-0.25, -0.2) is 8.42 Å². The Balaban J connectivity index is -0.000000238. The summed E-state index contributed by atoms with van der Waals surface area (Å²) in [4.78, 5) is 9.69. The van der Waals surface area contributed by atoms with Crippen LogP contribution in [0.5, 0.6) is 0 Å². The number of ether oxygens (including phenoxy) is 1. The number of rotatable bonds is 4. The number of nitrogens with one attached hydrogen (secondary N) is 1. The van der Waals surface area contributed by atoms with E-state index < -0.39 is 9.84 Å². The molecule has 0 saturated carbocycles. The van der Waals surface area contributed by atoms with Crippen molar-refractivity contribution in [2.75, 3.05) is 90.2 Å².